The molecule has 0 nitrogen and oxygen atoms in total. The number of benzene rings is 2. The smallest absolute Gasteiger partial charge is 0.0184 e. The van der Waals surface area contributed by atoms with Crippen molar-refractivity contribution in [3.05, 3.63) is 58.7 Å². The van der Waals surface area contributed by atoms with Gasteiger partial charge in [0.2, 0.25) is 0 Å². The van der Waals surface area contributed by atoms with Crippen LogP contribution in [0.1, 0.15) is 22.3 Å². The van der Waals surface area contributed by atoms with E-state index >= 15 is 0 Å². The Kier molecular flexibility index (Phi) is 2.71. The Hall–Kier alpha value is -1.21. The van der Waals surface area contributed by atoms with Crippen LogP contribution in [0.4, 0.5) is 0 Å². The molecule has 0 atom stereocenters. The Morgan fingerprint density at radius 2 is 1.71 bits per heavy atom. The third kappa shape index (κ3) is 1.69. The van der Waals surface area contributed by atoms with Gasteiger partial charge in [0, 0.05) is 5.75 Å². The maximum absolute atomic E-state index is 2.27. The molecule has 0 aliphatic heterocycles. The molecule has 0 N–H and O–H groups in total. The van der Waals surface area contributed by atoms with Crippen molar-refractivity contribution < 1.29 is 0 Å². The molecule has 0 fully saturated rings. The van der Waals surface area contributed by atoms with Crippen molar-refractivity contribution in [3.8, 4) is 11.1 Å². The van der Waals surface area contributed by atoms with Crippen molar-refractivity contribution in [2.45, 2.75) is 19.1 Å². The van der Waals surface area contributed by atoms with Gasteiger partial charge in [-0.3, -0.25) is 0 Å². The monoisotopic (exact) mass is 240 g/mol. The van der Waals surface area contributed by atoms with Crippen LogP contribution in [0.3, 0.4) is 0 Å². The van der Waals surface area contributed by atoms with Gasteiger partial charge >= 0.3 is 0 Å². The summed E-state index contributed by atoms with van der Waals surface area (Å²) in [4.78, 5) is 0. The van der Waals surface area contributed by atoms with Crippen molar-refractivity contribution in [1.82, 2.24) is 0 Å². The summed E-state index contributed by atoms with van der Waals surface area (Å²) in [7, 11) is 0. The van der Waals surface area contributed by atoms with E-state index in [4.69, 9.17) is 0 Å². The van der Waals surface area contributed by atoms with E-state index in [1.54, 1.807) is 5.56 Å². The Labute approximate surface area is 107 Å². The van der Waals surface area contributed by atoms with Crippen LogP contribution in [0.15, 0.2) is 36.4 Å². The average Bonchev–Trinajstić information content (AvgIpc) is 2.71. The van der Waals surface area contributed by atoms with Crippen LogP contribution in [0.25, 0.3) is 11.1 Å². The van der Waals surface area contributed by atoms with E-state index in [1.165, 1.54) is 27.8 Å². The SMILES string of the molecule is CSCc1cccc2c1Cc1c(C)cccc1-2. The molecule has 0 heterocycles. The predicted molar refractivity (Wildman–Crippen MR) is 76.6 cm³/mol. The number of rotatable bonds is 2. The van der Waals surface area contributed by atoms with Crippen molar-refractivity contribution in [3.63, 3.8) is 0 Å². The fraction of sp³-hybridized carbons (Fsp3) is 0.250. The van der Waals surface area contributed by atoms with Gasteiger partial charge in [0.1, 0.15) is 0 Å². The fourth-order valence-corrected chi connectivity index (χ4v) is 3.33. The van der Waals surface area contributed by atoms with Gasteiger partial charge in [-0.25, -0.2) is 0 Å². The molecule has 2 aromatic rings. The lowest BCUT2D eigenvalue weighted by Gasteiger charge is -2.06. The number of fused-ring (bicyclic) bond motifs is 3. The predicted octanol–water partition coefficient (Wildman–Crippen LogP) is 4.43. The molecule has 86 valence electrons. The molecule has 0 saturated carbocycles. The zero-order chi connectivity index (χ0) is 11.8. The van der Waals surface area contributed by atoms with E-state index in [0.717, 1.165) is 12.2 Å². The molecule has 0 unspecified atom stereocenters. The zero-order valence-corrected chi connectivity index (χ0v) is 11.1. The van der Waals surface area contributed by atoms with Crippen LogP contribution in [-0.4, -0.2) is 6.26 Å². The highest BCUT2D eigenvalue weighted by molar-refractivity contribution is 7.97. The Morgan fingerprint density at radius 1 is 1.00 bits per heavy atom. The number of aryl methyl sites for hydroxylation is 1. The van der Waals surface area contributed by atoms with Gasteiger partial charge in [0.15, 0.2) is 0 Å². The van der Waals surface area contributed by atoms with Gasteiger partial charge in [-0.05, 0) is 53.0 Å². The molecule has 0 amide bonds. The summed E-state index contributed by atoms with van der Waals surface area (Å²) >= 11 is 1.90. The largest absolute Gasteiger partial charge is 0.161 e. The lowest BCUT2D eigenvalue weighted by molar-refractivity contribution is 1.18. The molecule has 1 heteroatoms. The topological polar surface area (TPSA) is 0 Å². The minimum atomic E-state index is 1.12. The molecular formula is C16H16S. The second kappa shape index (κ2) is 4.23. The maximum Gasteiger partial charge on any atom is 0.0184 e. The zero-order valence-electron chi connectivity index (χ0n) is 10.3. The van der Waals surface area contributed by atoms with Gasteiger partial charge in [0.25, 0.3) is 0 Å². The molecule has 3 rings (SSSR count). The van der Waals surface area contributed by atoms with Gasteiger partial charge < -0.3 is 0 Å². The Balaban J connectivity index is 2.18. The molecular weight excluding hydrogens is 224 g/mol. The van der Waals surface area contributed by atoms with Crippen molar-refractivity contribution in [2.24, 2.45) is 0 Å². The molecule has 0 aromatic heterocycles. The summed E-state index contributed by atoms with van der Waals surface area (Å²) in [6, 6.07) is 13.4. The molecule has 1 aliphatic rings. The lowest BCUT2D eigenvalue weighted by Crippen LogP contribution is -1.90. The quantitative estimate of drug-likeness (QED) is 0.638. The summed E-state index contributed by atoms with van der Waals surface area (Å²) in [5.74, 6) is 1.12. The molecule has 2 aromatic carbocycles. The van der Waals surface area contributed by atoms with E-state index in [9.17, 15) is 0 Å². The molecule has 0 bridgehead atoms. The summed E-state index contributed by atoms with van der Waals surface area (Å²) in [6.45, 7) is 2.22. The van der Waals surface area contributed by atoms with E-state index < -0.39 is 0 Å². The maximum atomic E-state index is 2.27. The summed E-state index contributed by atoms with van der Waals surface area (Å²) in [6.07, 6.45) is 3.29. The fourth-order valence-electron chi connectivity index (χ4n) is 2.75. The van der Waals surface area contributed by atoms with Crippen LogP contribution in [-0.2, 0) is 12.2 Å². The number of hydrogen-bond donors (Lipinski definition) is 0. The first-order valence-corrected chi connectivity index (χ1v) is 7.39. The molecule has 17 heavy (non-hydrogen) atoms. The standard InChI is InChI=1S/C16H16S/c1-11-5-3-7-13-14-8-4-6-12(10-17-2)16(14)9-15(11)13/h3-8H,9-10H2,1-2H3. The molecule has 0 saturated heterocycles. The average molecular weight is 240 g/mol. The summed E-state index contributed by atoms with van der Waals surface area (Å²) in [5, 5.41) is 0. The van der Waals surface area contributed by atoms with Crippen LogP contribution in [0.2, 0.25) is 0 Å². The van der Waals surface area contributed by atoms with Gasteiger partial charge in [0.05, 0.1) is 0 Å². The lowest BCUT2D eigenvalue weighted by atomic mass is 10.0. The minimum absolute atomic E-state index is 1.12. The van der Waals surface area contributed by atoms with Crippen LogP contribution in [0, 0.1) is 6.92 Å². The summed E-state index contributed by atoms with van der Waals surface area (Å²) in [5.41, 5.74) is 8.90. The van der Waals surface area contributed by atoms with E-state index in [-0.39, 0.29) is 0 Å². The third-order valence-corrected chi connectivity index (χ3v) is 4.23. The summed E-state index contributed by atoms with van der Waals surface area (Å²) < 4.78 is 0. The van der Waals surface area contributed by atoms with Crippen LogP contribution in [0.5, 0.6) is 0 Å². The first-order chi connectivity index (χ1) is 8.31. The second-order valence-corrected chi connectivity index (χ2v) is 5.52. The minimum Gasteiger partial charge on any atom is -0.161 e. The van der Waals surface area contributed by atoms with Crippen molar-refractivity contribution in [1.29, 1.82) is 0 Å². The highest BCUT2D eigenvalue weighted by Crippen LogP contribution is 2.40. The van der Waals surface area contributed by atoms with Gasteiger partial charge in [-0.15, -0.1) is 0 Å². The Bertz CT molecular complexity index is 570. The molecule has 0 radical (unpaired) electrons. The van der Waals surface area contributed by atoms with Gasteiger partial charge in [-0.2, -0.15) is 11.8 Å². The van der Waals surface area contributed by atoms with E-state index in [2.05, 4.69) is 49.6 Å². The third-order valence-electron chi connectivity index (χ3n) is 3.63. The molecule has 1 aliphatic carbocycles. The van der Waals surface area contributed by atoms with Crippen LogP contribution < -0.4 is 0 Å². The van der Waals surface area contributed by atoms with Gasteiger partial charge in [-0.1, -0.05) is 36.4 Å². The second-order valence-electron chi connectivity index (χ2n) is 4.65. The number of thioether (sulfide) groups is 1. The highest BCUT2D eigenvalue weighted by atomic mass is 32.2. The van der Waals surface area contributed by atoms with Crippen molar-refractivity contribution in [2.75, 3.05) is 6.26 Å². The van der Waals surface area contributed by atoms with Crippen molar-refractivity contribution >= 4 is 11.8 Å². The van der Waals surface area contributed by atoms with Crippen LogP contribution >= 0.6 is 11.8 Å². The number of hydrogen-bond acceptors (Lipinski definition) is 1. The normalized spacial score (nSPS) is 12.4. The van der Waals surface area contributed by atoms with E-state index in [1.807, 2.05) is 11.8 Å². The highest BCUT2D eigenvalue weighted by Gasteiger charge is 2.21. The van der Waals surface area contributed by atoms with E-state index in [0.29, 0.717) is 0 Å². The first-order valence-electron chi connectivity index (χ1n) is 6.00. The molecule has 0 spiro atoms. The first kappa shape index (κ1) is 10.9. The Morgan fingerprint density at radius 3 is 2.47 bits per heavy atom.